The first-order chi connectivity index (χ1) is 9.95. The summed E-state index contributed by atoms with van der Waals surface area (Å²) in [6.07, 6.45) is 0.765. The fourth-order valence-electron chi connectivity index (χ4n) is 1.88. The van der Waals surface area contributed by atoms with Gasteiger partial charge in [-0.15, -0.1) is 0 Å². The highest BCUT2D eigenvalue weighted by Crippen LogP contribution is 2.32. The van der Waals surface area contributed by atoms with E-state index in [1.54, 1.807) is 19.1 Å². The summed E-state index contributed by atoms with van der Waals surface area (Å²) in [5, 5.41) is 8.58. The van der Waals surface area contributed by atoms with E-state index in [0.717, 1.165) is 0 Å². The van der Waals surface area contributed by atoms with Crippen LogP contribution in [0.3, 0.4) is 0 Å². The Balaban J connectivity index is 1.88. The molecule has 1 amide bonds. The van der Waals surface area contributed by atoms with Crippen molar-refractivity contribution in [2.24, 2.45) is 0 Å². The monoisotopic (exact) mass is 308 g/mol. The van der Waals surface area contributed by atoms with E-state index in [1.165, 1.54) is 18.3 Å². The molecule has 3 N–H and O–H groups in total. The molecule has 1 aromatic carbocycles. The maximum absolute atomic E-state index is 12.0. The van der Waals surface area contributed by atoms with Gasteiger partial charge in [-0.25, -0.2) is 0 Å². The minimum Gasteiger partial charge on any atom is -0.479 e. The number of anilines is 2. The van der Waals surface area contributed by atoms with E-state index in [0.29, 0.717) is 17.1 Å². The Hall–Kier alpha value is -2.55. The number of aromatic amines is 1. The lowest BCUT2D eigenvalue weighted by atomic mass is 10.2. The third-order valence-electron chi connectivity index (χ3n) is 2.93. The molecule has 0 aliphatic carbocycles. The number of H-pyrrole nitrogens is 1. The fourth-order valence-corrected chi connectivity index (χ4v) is 2.84. The van der Waals surface area contributed by atoms with E-state index >= 15 is 0 Å². The summed E-state index contributed by atoms with van der Waals surface area (Å²) in [6, 6.07) is 5.98. The largest absolute Gasteiger partial charge is 0.479 e. The number of nitrogens with one attached hydrogen (secondary N) is 3. The molecule has 1 aliphatic rings. The van der Waals surface area contributed by atoms with Crippen molar-refractivity contribution in [2.45, 2.75) is 18.1 Å². The van der Waals surface area contributed by atoms with Gasteiger partial charge in [-0.2, -0.15) is 13.5 Å². The number of carbonyl (C=O) groups excluding carboxylic acids is 1. The molecule has 3 rings (SSSR count). The first-order valence-corrected chi connectivity index (χ1v) is 7.58. The molecular weight excluding hydrogens is 296 g/mol. The second-order valence-corrected chi connectivity index (χ2v) is 6.14. The zero-order valence-electron chi connectivity index (χ0n) is 11.0. The lowest BCUT2D eigenvalue weighted by molar-refractivity contribution is -0.122. The number of fused-ring (bicyclic) bond motifs is 1. The van der Waals surface area contributed by atoms with Gasteiger partial charge in [0, 0.05) is 0 Å². The van der Waals surface area contributed by atoms with Gasteiger partial charge in [0.05, 0.1) is 17.6 Å². The van der Waals surface area contributed by atoms with E-state index in [1.807, 2.05) is 0 Å². The number of hydrogen-bond acceptors (Lipinski definition) is 5. The van der Waals surface area contributed by atoms with Crippen LogP contribution >= 0.6 is 0 Å². The van der Waals surface area contributed by atoms with Gasteiger partial charge >= 0.3 is 0 Å². The van der Waals surface area contributed by atoms with Crippen LogP contribution in [0.25, 0.3) is 0 Å². The van der Waals surface area contributed by atoms with Crippen LogP contribution in [0.5, 0.6) is 5.75 Å². The van der Waals surface area contributed by atoms with Crippen LogP contribution in [0.4, 0.5) is 11.4 Å². The van der Waals surface area contributed by atoms with Gasteiger partial charge < -0.3 is 10.1 Å². The highest BCUT2D eigenvalue weighted by molar-refractivity contribution is 7.92. The number of amides is 1. The molecule has 8 nitrogen and oxygen atoms in total. The van der Waals surface area contributed by atoms with Crippen LogP contribution in [0.2, 0.25) is 0 Å². The average Bonchev–Trinajstić information content (AvgIpc) is 2.95. The van der Waals surface area contributed by atoms with Crippen molar-refractivity contribution in [3.8, 4) is 5.75 Å². The molecule has 1 atom stereocenters. The summed E-state index contributed by atoms with van der Waals surface area (Å²) >= 11 is 0. The molecule has 1 aliphatic heterocycles. The summed E-state index contributed by atoms with van der Waals surface area (Å²) < 4.78 is 31.9. The van der Waals surface area contributed by atoms with E-state index in [-0.39, 0.29) is 10.9 Å². The van der Waals surface area contributed by atoms with Crippen molar-refractivity contribution < 1.29 is 17.9 Å². The normalized spacial score (nSPS) is 17.6. The van der Waals surface area contributed by atoms with Gasteiger partial charge in [0.15, 0.2) is 11.1 Å². The topological polar surface area (TPSA) is 113 Å². The van der Waals surface area contributed by atoms with Gasteiger partial charge in [0.2, 0.25) is 0 Å². The van der Waals surface area contributed by atoms with Crippen molar-refractivity contribution in [3.05, 3.63) is 30.5 Å². The van der Waals surface area contributed by atoms with E-state index < -0.39 is 16.1 Å². The Bertz CT molecular complexity index is 786. The predicted molar refractivity (Wildman–Crippen MR) is 74.6 cm³/mol. The van der Waals surface area contributed by atoms with E-state index in [4.69, 9.17) is 4.74 Å². The predicted octanol–water partition coefficient (Wildman–Crippen LogP) is 0.930. The number of hydrogen-bond donors (Lipinski definition) is 3. The Morgan fingerprint density at radius 1 is 1.33 bits per heavy atom. The van der Waals surface area contributed by atoms with Crippen LogP contribution in [-0.4, -0.2) is 30.6 Å². The van der Waals surface area contributed by atoms with Gasteiger partial charge in [-0.1, -0.05) is 0 Å². The number of sulfonamides is 1. The SMILES string of the molecule is CC1Oc2ccc(NS(=O)(=O)c3ccn[nH]3)cc2NC1=O. The van der Waals surface area contributed by atoms with Crippen molar-refractivity contribution in [1.82, 2.24) is 10.2 Å². The third-order valence-corrected chi connectivity index (χ3v) is 4.24. The second kappa shape index (κ2) is 4.77. The number of aromatic nitrogens is 2. The second-order valence-electron chi connectivity index (χ2n) is 4.49. The molecule has 0 bridgehead atoms. The molecule has 0 saturated heterocycles. The highest BCUT2D eigenvalue weighted by atomic mass is 32.2. The quantitative estimate of drug-likeness (QED) is 0.780. The Morgan fingerprint density at radius 3 is 2.86 bits per heavy atom. The van der Waals surface area contributed by atoms with Crippen LogP contribution in [0.1, 0.15) is 6.92 Å². The molecule has 21 heavy (non-hydrogen) atoms. The Labute approximate surface area is 120 Å². The molecule has 0 fully saturated rings. The van der Waals surface area contributed by atoms with E-state index in [2.05, 4.69) is 20.2 Å². The minimum absolute atomic E-state index is 0.0471. The number of benzene rings is 1. The summed E-state index contributed by atoms with van der Waals surface area (Å²) in [5.74, 6) is 0.211. The molecule has 2 aromatic rings. The van der Waals surface area contributed by atoms with Gasteiger partial charge in [-0.05, 0) is 31.2 Å². The van der Waals surface area contributed by atoms with Crippen molar-refractivity contribution in [2.75, 3.05) is 10.0 Å². The first kappa shape index (κ1) is 13.4. The van der Waals surface area contributed by atoms with Crippen molar-refractivity contribution in [3.63, 3.8) is 0 Å². The van der Waals surface area contributed by atoms with Gasteiger partial charge in [0.1, 0.15) is 5.75 Å². The Morgan fingerprint density at radius 2 is 2.14 bits per heavy atom. The average molecular weight is 308 g/mol. The zero-order chi connectivity index (χ0) is 15.0. The lowest BCUT2D eigenvalue weighted by Gasteiger charge is -2.23. The minimum atomic E-state index is -3.74. The first-order valence-electron chi connectivity index (χ1n) is 6.09. The van der Waals surface area contributed by atoms with E-state index in [9.17, 15) is 13.2 Å². The number of carbonyl (C=O) groups is 1. The molecule has 2 heterocycles. The van der Waals surface area contributed by atoms with Crippen molar-refractivity contribution >= 4 is 27.3 Å². The molecule has 110 valence electrons. The summed E-state index contributed by atoms with van der Waals surface area (Å²) in [6.45, 7) is 1.63. The number of nitrogens with zero attached hydrogens (tertiary/aromatic N) is 1. The van der Waals surface area contributed by atoms with Gasteiger partial charge in [0.25, 0.3) is 15.9 Å². The standard InChI is InChI=1S/C12H12N4O4S/c1-7-12(17)14-9-6-8(2-3-10(9)20-7)16-21(18,19)11-4-5-13-15-11/h2-7,16H,1H3,(H,13,15)(H,14,17). The molecule has 0 radical (unpaired) electrons. The Kier molecular flexibility index (Phi) is 3.05. The fraction of sp³-hybridized carbons (Fsp3) is 0.167. The van der Waals surface area contributed by atoms with Crippen molar-refractivity contribution in [1.29, 1.82) is 0 Å². The zero-order valence-corrected chi connectivity index (χ0v) is 11.8. The highest BCUT2D eigenvalue weighted by Gasteiger charge is 2.24. The van der Waals surface area contributed by atoms with Crippen LogP contribution < -0.4 is 14.8 Å². The molecular formula is C12H12N4O4S. The summed E-state index contributed by atoms with van der Waals surface area (Å²) in [7, 11) is -3.74. The number of rotatable bonds is 3. The molecule has 0 saturated carbocycles. The summed E-state index contributed by atoms with van der Waals surface area (Å²) in [5.41, 5.74) is 0.727. The van der Waals surface area contributed by atoms with Crippen LogP contribution in [0.15, 0.2) is 35.5 Å². The van der Waals surface area contributed by atoms with Crippen LogP contribution in [-0.2, 0) is 14.8 Å². The molecule has 9 heteroatoms. The third kappa shape index (κ3) is 2.55. The number of ether oxygens (including phenoxy) is 1. The maximum atomic E-state index is 12.0. The molecule has 1 unspecified atom stereocenters. The van der Waals surface area contributed by atoms with Gasteiger partial charge in [-0.3, -0.25) is 14.6 Å². The van der Waals surface area contributed by atoms with Crippen LogP contribution in [0, 0.1) is 0 Å². The maximum Gasteiger partial charge on any atom is 0.278 e. The summed E-state index contributed by atoms with van der Waals surface area (Å²) in [4.78, 5) is 11.6. The molecule has 0 spiro atoms. The lowest BCUT2D eigenvalue weighted by Crippen LogP contribution is -2.34. The molecule has 1 aromatic heterocycles. The smallest absolute Gasteiger partial charge is 0.278 e.